The van der Waals surface area contributed by atoms with Gasteiger partial charge in [-0.1, -0.05) is 0 Å². The van der Waals surface area contributed by atoms with Crippen LogP contribution >= 0.6 is 0 Å². The van der Waals surface area contributed by atoms with Crippen LogP contribution in [-0.2, 0) is 15.9 Å². The number of aromatic nitrogens is 3. The summed E-state index contributed by atoms with van der Waals surface area (Å²) in [5.41, 5.74) is 4.74. The molecule has 0 radical (unpaired) electrons. The van der Waals surface area contributed by atoms with Gasteiger partial charge in [-0.05, 0) is 20.8 Å². The molecular formula is C11H20N4O3. The van der Waals surface area contributed by atoms with Crippen molar-refractivity contribution in [2.45, 2.75) is 32.8 Å². The molecule has 0 fully saturated rings. The molecule has 102 valence electrons. The van der Waals surface area contributed by atoms with Crippen molar-refractivity contribution in [2.75, 3.05) is 19.8 Å². The third kappa shape index (κ3) is 5.24. The predicted molar refractivity (Wildman–Crippen MR) is 65.2 cm³/mol. The third-order valence-corrected chi connectivity index (χ3v) is 1.85. The summed E-state index contributed by atoms with van der Waals surface area (Å²) in [7, 11) is 0. The molecule has 7 nitrogen and oxygen atoms in total. The number of rotatable bonds is 5. The van der Waals surface area contributed by atoms with Crippen LogP contribution in [0.2, 0.25) is 0 Å². The molecule has 0 amide bonds. The third-order valence-electron chi connectivity index (χ3n) is 1.85. The van der Waals surface area contributed by atoms with Crippen molar-refractivity contribution < 1.29 is 14.3 Å². The lowest BCUT2D eigenvalue weighted by atomic mass is 10.2. The molecule has 0 saturated heterocycles. The summed E-state index contributed by atoms with van der Waals surface area (Å²) >= 11 is 0. The number of hydrogen-bond acceptors (Lipinski definition) is 6. The van der Waals surface area contributed by atoms with Crippen molar-refractivity contribution in [2.24, 2.45) is 5.73 Å². The Hall–Kier alpha value is -1.47. The summed E-state index contributed by atoms with van der Waals surface area (Å²) < 4.78 is 11.4. The molecule has 0 unspecified atom stereocenters. The van der Waals surface area contributed by atoms with Crippen molar-refractivity contribution in [3.63, 3.8) is 0 Å². The zero-order valence-corrected chi connectivity index (χ0v) is 11.0. The first-order chi connectivity index (χ1) is 8.42. The highest BCUT2D eigenvalue weighted by molar-refractivity contribution is 5.69. The standard InChI is InChI=1S/C11H20N4O3/c1-11(2,3)18-10(16)15-8-13-9(14-15)4-6-17-7-5-12/h8H,4-7,12H2,1-3H3. The molecule has 0 bridgehead atoms. The first-order valence-electron chi connectivity index (χ1n) is 5.84. The fraction of sp³-hybridized carbons (Fsp3) is 0.727. The molecule has 0 aliphatic carbocycles. The number of hydrogen-bond donors (Lipinski definition) is 1. The Morgan fingerprint density at radius 2 is 2.17 bits per heavy atom. The minimum Gasteiger partial charge on any atom is -0.442 e. The molecule has 1 rings (SSSR count). The van der Waals surface area contributed by atoms with Gasteiger partial charge in [0.25, 0.3) is 0 Å². The summed E-state index contributed by atoms with van der Waals surface area (Å²) in [6.45, 7) is 6.86. The number of carbonyl (C=O) groups is 1. The maximum absolute atomic E-state index is 11.6. The number of nitrogens with zero attached hydrogens (tertiary/aromatic N) is 3. The summed E-state index contributed by atoms with van der Waals surface area (Å²) in [5, 5.41) is 4.01. The van der Waals surface area contributed by atoms with E-state index < -0.39 is 11.7 Å². The van der Waals surface area contributed by atoms with E-state index >= 15 is 0 Å². The number of carbonyl (C=O) groups excluding carboxylic acids is 1. The number of ether oxygens (including phenoxy) is 2. The molecule has 0 aromatic carbocycles. The van der Waals surface area contributed by atoms with Gasteiger partial charge in [0.2, 0.25) is 0 Å². The Kier molecular flexibility index (Phi) is 5.24. The van der Waals surface area contributed by atoms with E-state index in [-0.39, 0.29) is 0 Å². The van der Waals surface area contributed by atoms with E-state index in [9.17, 15) is 4.79 Å². The van der Waals surface area contributed by atoms with Crippen LogP contribution in [0.1, 0.15) is 26.6 Å². The average Bonchev–Trinajstić information content (AvgIpc) is 2.71. The van der Waals surface area contributed by atoms with Gasteiger partial charge in [0, 0.05) is 13.0 Å². The second-order valence-corrected chi connectivity index (χ2v) is 4.74. The van der Waals surface area contributed by atoms with Gasteiger partial charge in [0.05, 0.1) is 13.2 Å². The van der Waals surface area contributed by atoms with Crippen LogP contribution in [0.25, 0.3) is 0 Å². The smallest absolute Gasteiger partial charge is 0.436 e. The summed E-state index contributed by atoms with van der Waals surface area (Å²) in [5.74, 6) is 0.540. The monoisotopic (exact) mass is 256 g/mol. The van der Waals surface area contributed by atoms with Gasteiger partial charge in [0.15, 0.2) is 5.82 Å². The summed E-state index contributed by atoms with van der Waals surface area (Å²) in [6.07, 6.45) is 1.34. The van der Waals surface area contributed by atoms with Crippen molar-refractivity contribution in [3.05, 3.63) is 12.2 Å². The topological polar surface area (TPSA) is 92.3 Å². The first kappa shape index (κ1) is 14.6. The highest BCUT2D eigenvalue weighted by Gasteiger charge is 2.18. The molecule has 0 spiro atoms. The van der Waals surface area contributed by atoms with E-state index in [0.717, 1.165) is 4.68 Å². The Bertz CT molecular complexity index is 384. The Morgan fingerprint density at radius 1 is 1.44 bits per heavy atom. The van der Waals surface area contributed by atoms with Crippen LogP contribution < -0.4 is 5.73 Å². The van der Waals surface area contributed by atoms with Crippen LogP contribution in [0.15, 0.2) is 6.33 Å². The van der Waals surface area contributed by atoms with Gasteiger partial charge in [-0.2, -0.15) is 4.68 Å². The van der Waals surface area contributed by atoms with Gasteiger partial charge >= 0.3 is 6.09 Å². The molecule has 0 atom stereocenters. The molecule has 7 heteroatoms. The molecule has 1 aromatic rings. The molecule has 18 heavy (non-hydrogen) atoms. The minimum atomic E-state index is -0.548. The molecule has 0 saturated carbocycles. The van der Waals surface area contributed by atoms with E-state index in [1.807, 2.05) is 0 Å². The molecule has 0 aliphatic heterocycles. The van der Waals surface area contributed by atoms with Crippen LogP contribution in [0.5, 0.6) is 0 Å². The zero-order chi connectivity index (χ0) is 13.6. The van der Waals surface area contributed by atoms with Gasteiger partial charge < -0.3 is 15.2 Å². The SMILES string of the molecule is CC(C)(C)OC(=O)n1cnc(CCOCCN)n1. The van der Waals surface area contributed by atoms with Gasteiger partial charge in [-0.15, -0.1) is 5.10 Å². The molecular weight excluding hydrogens is 236 g/mol. The second-order valence-electron chi connectivity index (χ2n) is 4.74. The van der Waals surface area contributed by atoms with E-state index in [1.54, 1.807) is 20.8 Å². The van der Waals surface area contributed by atoms with Crippen LogP contribution in [0.4, 0.5) is 4.79 Å². The molecule has 1 aromatic heterocycles. The lowest BCUT2D eigenvalue weighted by Gasteiger charge is -2.18. The van der Waals surface area contributed by atoms with Gasteiger partial charge in [-0.3, -0.25) is 0 Å². The van der Waals surface area contributed by atoms with E-state index in [1.165, 1.54) is 6.33 Å². The highest BCUT2D eigenvalue weighted by atomic mass is 16.6. The van der Waals surface area contributed by atoms with Crippen LogP contribution in [-0.4, -0.2) is 46.2 Å². The predicted octanol–water partition coefficient (Wildman–Crippen LogP) is 0.579. The highest BCUT2D eigenvalue weighted by Crippen LogP contribution is 2.08. The second kappa shape index (κ2) is 6.46. The fourth-order valence-electron chi connectivity index (χ4n) is 1.16. The Labute approximate surface area is 106 Å². The normalized spacial score (nSPS) is 11.6. The molecule has 1 heterocycles. The van der Waals surface area contributed by atoms with Crippen LogP contribution in [0, 0.1) is 0 Å². The summed E-state index contributed by atoms with van der Waals surface area (Å²) in [4.78, 5) is 15.6. The lowest BCUT2D eigenvalue weighted by molar-refractivity contribution is 0.0513. The Morgan fingerprint density at radius 3 is 2.78 bits per heavy atom. The van der Waals surface area contributed by atoms with Crippen molar-refractivity contribution in [1.29, 1.82) is 0 Å². The lowest BCUT2D eigenvalue weighted by Crippen LogP contribution is -2.27. The maximum atomic E-state index is 11.6. The largest absolute Gasteiger partial charge is 0.442 e. The number of nitrogens with two attached hydrogens (primary N) is 1. The first-order valence-corrected chi connectivity index (χ1v) is 5.84. The Balaban J connectivity index is 2.45. The zero-order valence-electron chi connectivity index (χ0n) is 11.0. The molecule has 0 aliphatic rings. The van der Waals surface area contributed by atoms with Crippen molar-refractivity contribution in [1.82, 2.24) is 14.8 Å². The molecule has 2 N–H and O–H groups in total. The minimum absolute atomic E-state index is 0.482. The fourth-order valence-corrected chi connectivity index (χ4v) is 1.16. The van der Waals surface area contributed by atoms with Gasteiger partial charge in [0.1, 0.15) is 11.9 Å². The van der Waals surface area contributed by atoms with Gasteiger partial charge in [-0.25, -0.2) is 9.78 Å². The van der Waals surface area contributed by atoms with E-state index in [4.69, 9.17) is 15.2 Å². The van der Waals surface area contributed by atoms with E-state index in [0.29, 0.717) is 32.0 Å². The summed E-state index contributed by atoms with van der Waals surface area (Å²) in [6, 6.07) is 0. The average molecular weight is 256 g/mol. The maximum Gasteiger partial charge on any atom is 0.436 e. The van der Waals surface area contributed by atoms with Crippen molar-refractivity contribution in [3.8, 4) is 0 Å². The van der Waals surface area contributed by atoms with E-state index in [2.05, 4.69) is 10.1 Å². The van der Waals surface area contributed by atoms with Crippen molar-refractivity contribution >= 4 is 6.09 Å². The quantitative estimate of drug-likeness (QED) is 0.775. The van der Waals surface area contributed by atoms with Crippen LogP contribution in [0.3, 0.4) is 0 Å².